The smallest absolute Gasteiger partial charge is 0.309 e. The SMILES string of the molecule is CCCOc1ccc(CC(=O)OC)cc1C=O. The first-order chi connectivity index (χ1) is 8.21. The van der Waals surface area contributed by atoms with Crippen molar-refractivity contribution < 1.29 is 19.1 Å². The number of benzene rings is 1. The zero-order chi connectivity index (χ0) is 12.7. The second-order valence-corrected chi connectivity index (χ2v) is 3.59. The Balaban J connectivity index is 2.84. The second kappa shape index (κ2) is 6.68. The number of hydrogen-bond donors (Lipinski definition) is 0. The molecule has 0 aliphatic carbocycles. The van der Waals surface area contributed by atoms with E-state index in [4.69, 9.17) is 4.74 Å². The summed E-state index contributed by atoms with van der Waals surface area (Å²) in [6, 6.07) is 5.11. The van der Waals surface area contributed by atoms with Gasteiger partial charge in [0, 0.05) is 0 Å². The van der Waals surface area contributed by atoms with Gasteiger partial charge in [-0.3, -0.25) is 9.59 Å². The molecule has 0 spiro atoms. The van der Waals surface area contributed by atoms with Crippen molar-refractivity contribution in [2.75, 3.05) is 13.7 Å². The van der Waals surface area contributed by atoms with Gasteiger partial charge in [-0.15, -0.1) is 0 Å². The fourth-order valence-electron chi connectivity index (χ4n) is 1.38. The average Bonchev–Trinajstić information content (AvgIpc) is 2.36. The van der Waals surface area contributed by atoms with Crippen LogP contribution in [-0.2, 0) is 16.0 Å². The molecule has 0 aliphatic heterocycles. The van der Waals surface area contributed by atoms with E-state index in [0.717, 1.165) is 18.3 Å². The first-order valence-corrected chi connectivity index (χ1v) is 5.49. The number of esters is 1. The molecule has 0 heterocycles. The van der Waals surface area contributed by atoms with Crippen molar-refractivity contribution in [3.63, 3.8) is 0 Å². The van der Waals surface area contributed by atoms with E-state index in [-0.39, 0.29) is 12.4 Å². The van der Waals surface area contributed by atoms with Gasteiger partial charge in [0.05, 0.1) is 25.7 Å². The van der Waals surface area contributed by atoms with Crippen LogP contribution >= 0.6 is 0 Å². The molecule has 0 fully saturated rings. The number of hydrogen-bond acceptors (Lipinski definition) is 4. The highest BCUT2D eigenvalue weighted by atomic mass is 16.5. The van der Waals surface area contributed by atoms with Crippen molar-refractivity contribution in [1.29, 1.82) is 0 Å². The standard InChI is InChI=1S/C13H16O4/c1-3-6-17-12-5-4-10(7-11(12)9-14)8-13(15)16-2/h4-5,7,9H,3,6,8H2,1-2H3. The lowest BCUT2D eigenvalue weighted by Gasteiger charge is -2.08. The fraction of sp³-hybridized carbons (Fsp3) is 0.385. The van der Waals surface area contributed by atoms with E-state index in [9.17, 15) is 9.59 Å². The Bertz CT molecular complexity index is 398. The summed E-state index contributed by atoms with van der Waals surface area (Å²) < 4.78 is 9.98. The first-order valence-electron chi connectivity index (χ1n) is 5.49. The van der Waals surface area contributed by atoms with Crippen molar-refractivity contribution in [3.8, 4) is 5.75 Å². The zero-order valence-electron chi connectivity index (χ0n) is 10.1. The van der Waals surface area contributed by atoms with Crippen LogP contribution in [0.25, 0.3) is 0 Å². The zero-order valence-corrected chi connectivity index (χ0v) is 10.1. The molecule has 0 saturated carbocycles. The predicted molar refractivity (Wildman–Crippen MR) is 63.3 cm³/mol. The van der Waals surface area contributed by atoms with Crippen LogP contribution in [-0.4, -0.2) is 26.0 Å². The maximum Gasteiger partial charge on any atom is 0.309 e. The topological polar surface area (TPSA) is 52.6 Å². The Morgan fingerprint density at radius 3 is 2.76 bits per heavy atom. The highest BCUT2D eigenvalue weighted by molar-refractivity contribution is 5.81. The number of carbonyl (C=O) groups is 2. The third kappa shape index (κ3) is 3.90. The summed E-state index contributed by atoms with van der Waals surface area (Å²) >= 11 is 0. The minimum atomic E-state index is -0.330. The molecule has 0 aliphatic rings. The molecule has 4 nitrogen and oxygen atoms in total. The molecule has 0 unspecified atom stereocenters. The Morgan fingerprint density at radius 2 is 2.18 bits per heavy atom. The number of carbonyl (C=O) groups excluding carboxylic acids is 2. The van der Waals surface area contributed by atoms with Gasteiger partial charge >= 0.3 is 5.97 Å². The van der Waals surface area contributed by atoms with Crippen LogP contribution in [0.2, 0.25) is 0 Å². The molecule has 0 aromatic heterocycles. The molecule has 0 N–H and O–H groups in total. The van der Waals surface area contributed by atoms with Crippen LogP contribution < -0.4 is 4.74 Å². The molecular formula is C13H16O4. The van der Waals surface area contributed by atoms with Crippen molar-refractivity contribution >= 4 is 12.3 Å². The molecule has 1 aromatic carbocycles. The summed E-state index contributed by atoms with van der Waals surface area (Å²) in [5.41, 5.74) is 1.20. The van der Waals surface area contributed by atoms with Gasteiger partial charge in [0.1, 0.15) is 5.75 Å². The van der Waals surface area contributed by atoms with Crippen LogP contribution in [0.1, 0.15) is 29.3 Å². The molecule has 1 aromatic rings. The Labute approximate surface area is 101 Å². The molecule has 0 bridgehead atoms. The monoisotopic (exact) mass is 236 g/mol. The van der Waals surface area contributed by atoms with Crippen LogP contribution in [0.3, 0.4) is 0 Å². The minimum Gasteiger partial charge on any atom is -0.493 e. The lowest BCUT2D eigenvalue weighted by molar-refractivity contribution is -0.139. The van der Waals surface area contributed by atoms with E-state index in [2.05, 4.69) is 4.74 Å². The molecule has 0 saturated heterocycles. The van der Waals surface area contributed by atoms with Gasteiger partial charge in [0.2, 0.25) is 0 Å². The third-order valence-electron chi connectivity index (χ3n) is 2.24. The second-order valence-electron chi connectivity index (χ2n) is 3.59. The Hall–Kier alpha value is -1.84. The maximum atomic E-state index is 11.1. The summed E-state index contributed by atoms with van der Waals surface area (Å²) in [6.07, 6.45) is 1.76. The molecule has 0 radical (unpaired) electrons. The van der Waals surface area contributed by atoms with E-state index in [1.165, 1.54) is 7.11 Å². The van der Waals surface area contributed by atoms with E-state index in [1.54, 1.807) is 18.2 Å². The van der Waals surface area contributed by atoms with Gasteiger partial charge in [-0.2, -0.15) is 0 Å². The predicted octanol–water partition coefficient (Wildman–Crippen LogP) is 2.00. The van der Waals surface area contributed by atoms with Crippen LogP contribution in [0, 0.1) is 0 Å². The largest absolute Gasteiger partial charge is 0.493 e. The quantitative estimate of drug-likeness (QED) is 0.560. The highest BCUT2D eigenvalue weighted by Gasteiger charge is 2.07. The lowest BCUT2D eigenvalue weighted by Crippen LogP contribution is -2.05. The Morgan fingerprint density at radius 1 is 1.41 bits per heavy atom. The third-order valence-corrected chi connectivity index (χ3v) is 2.24. The molecule has 17 heavy (non-hydrogen) atoms. The van der Waals surface area contributed by atoms with Gasteiger partial charge in [0.15, 0.2) is 6.29 Å². The number of methoxy groups -OCH3 is 1. The van der Waals surface area contributed by atoms with Crippen molar-refractivity contribution in [1.82, 2.24) is 0 Å². The van der Waals surface area contributed by atoms with E-state index in [1.807, 2.05) is 6.92 Å². The maximum absolute atomic E-state index is 11.1. The van der Waals surface area contributed by atoms with Crippen LogP contribution in [0.5, 0.6) is 5.75 Å². The molecular weight excluding hydrogens is 220 g/mol. The van der Waals surface area contributed by atoms with Crippen molar-refractivity contribution in [3.05, 3.63) is 29.3 Å². The van der Waals surface area contributed by atoms with E-state index >= 15 is 0 Å². The minimum absolute atomic E-state index is 0.158. The van der Waals surface area contributed by atoms with E-state index in [0.29, 0.717) is 17.9 Å². The molecule has 0 amide bonds. The van der Waals surface area contributed by atoms with Crippen LogP contribution in [0.4, 0.5) is 0 Å². The summed E-state index contributed by atoms with van der Waals surface area (Å²) in [6.45, 7) is 2.56. The van der Waals surface area contributed by atoms with Gasteiger partial charge < -0.3 is 9.47 Å². The van der Waals surface area contributed by atoms with Gasteiger partial charge in [-0.1, -0.05) is 13.0 Å². The highest BCUT2D eigenvalue weighted by Crippen LogP contribution is 2.19. The fourth-order valence-corrected chi connectivity index (χ4v) is 1.38. The molecule has 0 atom stereocenters. The molecule has 1 rings (SSSR count). The first kappa shape index (κ1) is 13.2. The molecule has 92 valence electrons. The van der Waals surface area contributed by atoms with Gasteiger partial charge in [-0.25, -0.2) is 0 Å². The summed E-state index contributed by atoms with van der Waals surface area (Å²) in [4.78, 5) is 22.0. The molecule has 4 heteroatoms. The lowest BCUT2D eigenvalue weighted by atomic mass is 10.1. The Kier molecular flexibility index (Phi) is 5.20. The van der Waals surface area contributed by atoms with Crippen molar-refractivity contribution in [2.24, 2.45) is 0 Å². The normalized spacial score (nSPS) is 9.76. The van der Waals surface area contributed by atoms with Gasteiger partial charge in [0.25, 0.3) is 0 Å². The summed E-state index contributed by atoms with van der Waals surface area (Å²) in [5.74, 6) is 0.222. The number of aldehydes is 1. The summed E-state index contributed by atoms with van der Waals surface area (Å²) in [5, 5.41) is 0. The van der Waals surface area contributed by atoms with Gasteiger partial charge in [-0.05, 0) is 24.1 Å². The van der Waals surface area contributed by atoms with Crippen LogP contribution in [0.15, 0.2) is 18.2 Å². The van der Waals surface area contributed by atoms with Crippen molar-refractivity contribution in [2.45, 2.75) is 19.8 Å². The number of rotatable bonds is 6. The average molecular weight is 236 g/mol. The van der Waals surface area contributed by atoms with E-state index < -0.39 is 0 Å². The summed E-state index contributed by atoms with van der Waals surface area (Å²) in [7, 11) is 1.34. The number of ether oxygens (including phenoxy) is 2.